The number of benzene rings is 2. The molecule has 0 saturated heterocycles. The molecule has 0 bridgehead atoms. The van der Waals surface area contributed by atoms with Crippen molar-refractivity contribution in [1.29, 1.82) is 0 Å². The summed E-state index contributed by atoms with van der Waals surface area (Å²) in [6.45, 7) is 8.42. The SMILES string of the molecule is CC(C)(c1cc(Br)c(O)c(Br)c1)c1cc(Br)c(O)c(Br)c1.CCC. The van der Waals surface area contributed by atoms with Gasteiger partial charge in [-0.25, -0.2) is 0 Å². The fourth-order valence-corrected chi connectivity index (χ4v) is 4.39. The highest BCUT2D eigenvalue weighted by Gasteiger charge is 2.26. The lowest BCUT2D eigenvalue weighted by atomic mass is 9.78. The lowest BCUT2D eigenvalue weighted by Crippen LogP contribution is -2.19. The number of aromatic hydroxyl groups is 2. The van der Waals surface area contributed by atoms with Gasteiger partial charge in [-0.05, 0) is 99.1 Å². The summed E-state index contributed by atoms with van der Waals surface area (Å²) in [7, 11) is 0. The van der Waals surface area contributed by atoms with E-state index in [2.05, 4.69) is 91.4 Å². The smallest absolute Gasteiger partial charge is 0.143 e. The molecule has 0 saturated carbocycles. The molecular formula is C18H20Br4O2. The Morgan fingerprint density at radius 3 is 1.12 bits per heavy atom. The molecule has 0 fully saturated rings. The van der Waals surface area contributed by atoms with Crippen LogP contribution >= 0.6 is 63.7 Å². The van der Waals surface area contributed by atoms with Crippen LogP contribution in [0.4, 0.5) is 0 Å². The molecule has 2 rings (SSSR count). The quantitative estimate of drug-likeness (QED) is 0.375. The van der Waals surface area contributed by atoms with Crippen LogP contribution in [0.1, 0.15) is 45.2 Å². The lowest BCUT2D eigenvalue weighted by Gasteiger charge is -2.27. The van der Waals surface area contributed by atoms with E-state index in [-0.39, 0.29) is 16.9 Å². The van der Waals surface area contributed by atoms with Crippen LogP contribution < -0.4 is 0 Å². The van der Waals surface area contributed by atoms with Crippen LogP contribution in [0.15, 0.2) is 42.2 Å². The van der Waals surface area contributed by atoms with Crippen LogP contribution in [0.2, 0.25) is 0 Å². The third kappa shape index (κ3) is 4.99. The van der Waals surface area contributed by atoms with Gasteiger partial charge in [0.15, 0.2) is 0 Å². The molecule has 0 aliphatic carbocycles. The van der Waals surface area contributed by atoms with E-state index < -0.39 is 0 Å². The van der Waals surface area contributed by atoms with Crippen LogP contribution in [-0.4, -0.2) is 10.2 Å². The van der Waals surface area contributed by atoms with Gasteiger partial charge < -0.3 is 10.2 Å². The Kier molecular flexibility index (Phi) is 8.30. The van der Waals surface area contributed by atoms with Crippen molar-refractivity contribution in [3.63, 3.8) is 0 Å². The van der Waals surface area contributed by atoms with Crippen LogP contribution in [0.25, 0.3) is 0 Å². The van der Waals surface area contributed by atoms with Gasteiger partial charge in [-0.1, -0.05) is 34.1 Å². The van der Waals surface area contributed by atoms with E-state index in [4.69, 9.17) is 0 Å². The zero-order chi connectivity index (χ0) is 18.7. The van der Waals surface area contributed by atoms with E-state index in [9.17, 15) is 10.2 Å². The van der Waals surface area contributed by atoms with Gasteiger partial charge in [0, 0.05) is 5.41 Å². The van der Waals surface area contributed by atoms with Gasteiger partial charge >= 0.3 is 0 Å². The molecule has 0 aliphatic rings. The predicted octanol–water partition coefficient (Wildman–Crippen LogP) is 7.89. The van der Waals surface area contributed by atoms with E-state index in [1.807, 2.05) is 24.3 Å². The molecule has 2 N–H and O–H groups in total. The number of hydrogen-bond donors (Lipinski definition) is 2. The van der Waals surface area contributed by atoms with Crippen molar-refractivity contribution < 1.29 is 10.2 Å². The molecule has 2 nitrogen and oxygen atoms in total. The normalized spacial score (nSPS) is 11.0. The molecule has 0 aliphatic heterocycles. The zero-order valence-corrected chi connectivity index (χ0v) is 20.3. The second-order valence-corrected chi connectivity index (χ2v) is 9.33. The minimum absolute atomic E-state index is 0.183. The van der Waals surface area contributed by atoms with Gasteiger partial charge in [-0.2, -0.15) is 0 Å². The summed E-state index contributed by atoms with van der Waals surface area (Å²) in [6.07, 6.45) is 1.25. The Morgan fingerprint density at radius 2 is 0.917 bits per heavy atom. The third-order valence-corrected chi connectivity index (χ3v) is 5.90. The minimum Gasteiger partial charge on any atom is -0.506 e. The Labute approximate surface area is 177 Å². The van der Waals surface area contributed by atoms with Gasteiger partial charge in [0.2, 0.25) is 0 Å². The van der Waals surface area contributed by atoms with Gasteiger partial charge in [-0.15, -0.1) is 0 Å². The molecule has 0 aromatic heterocycles. The fraction of sp³-hybridized carbons (Fsp3) is 0.333. The van der Waals surface area contributed by atoms with Crippen LogP contribution in [0.5, 0.6) is 11.5 Å². The largest absolute Gasteiger partial charge is 0.506 e. The van der Waals surface area contributed by atoms with Crippen LogP contribution in [0, 0.1) is 0 Å². The van der Waals surface area contributed by atoms with E-state index in [0.29, 0.717) is 17.9 Å². The highest BCUT2D eigenvalue weighted by atomic mass is 79.9. The molecule has 2 aromatic carbocycles. The first-order valence-corrected chi connectivity index (χ1v) is 10.6. The van der Waals surface area contributed by atoms with Crippen molar-refractivity contribution in [3.8, 4) is 11.5 Å². The second-order valence-electron chi connectivity index (χ2n) is 5.91. The van der Waals surface area contributed by atoms with Gasteiger partial charge in [0.25, 0.3) is 0 Å². The maximum Gasteiger partial charge on any atom is 0.143 e. The van der Waals surface area contributed by atoms with E-state index in [0.717, 1.165) is 11.1 Å². The summed E-state index contributed by atoms with van der Waals surface area (Å²) in [5.74, 6) is 0.366. The van der Waals surface area contributed by atoms with E-state index in [1.165, 1.54) is 6.42 Å². The summed E-state index contributed by atoms with van der Waals surface area (Å²) in [4.78, 5) is 0. The van der Waals surface area contributed by atoms with Crippen molar-refractivity contribution in [2.75, 3.05) is 0 Å². The standard InChI is InChI=1S/C15H12Br4O2.C3H8/c1-15(2,7-3-9(16)13(20)10(17)4-7)8-5-11(18)14(21)12(19)6-8;1-3-2/h3-6,20-21H,1-2H3;3H2,1-2H3. The van der Waals surface area contributed by atoms with Crippen molar-refractivity contribution >= 4 is 63.7 Å². The van der Waals surface area contributed by atoms with E-state index >= 15 is 0 Å². The molecular weight excluding hydrogens is 568 g/mol. The number of halogens is 4. The maximum atomic E-state index is 9.85. The fourth-order valence-electron chi connectivity index (χ4n) is 2.02. The highest BCUT2D eigenvalue weighted by Crippen LogP contribution is 2.43. The molecule has 0 amide bonds. The Bertz CT molecular complexity index is 621. The molecule has 2 aromatic rings. The molecule has 0 unspecified atom stereocenters. The van der Waals surface area contributed by atoms with Crippen LogP contribution in [-0.2, 0) is 5.41 Å². The molecule has 0 atom stereocenters. The topological polar surface area (TPSA) is 40.5 Å². The Hall–Kier alpha value is -0.0400. The Balaban J connectivity index is 0.000000891. The molecule has 0 spiro atoms. The first-order valence-electron chi connectivity index (χ1n) is 7.43. The zero-order valence-electron chi connectivity index (χ0n) is 13.9. The van der Waals surface area contributed by atoms with Crippen molar-refractivity contribution in [2.45, 2.75) is 39.5 Å². The van der Waals surface area contributed by atoms with Gasteiger partial charge in [0.1, 0.15) is 11.5 Å². The first kappa shape index (κ1) is 22.0. The first-order chi connectivity index (χ1) is 11.1. The molecule has 6 heteroatoms. The monoisotopic (exact) mass is 584 g/mol. The highest BCUT2D eigenvalue weighted by molar-refractivity contribution is 9.11. The summed E-state index contributed by atoms with van der Waals surface area (Å²) < 4.78 is 2.54. The maximum absolute atomic E-state index is 9.85. The number of phenolic OH excluding ortho intramolecular Hbond substituents is 2. The number of phenols is 2. The molecule has 132 valence electrons. The van der Waals surface area contributed by atoms with Gasteiger partial charge in [0.05, 0.1) is 17.9 Å². The average Bonchev–Trinajstić information content (AvgIpc) is 2.49. The summed E-state index contributed by atoms with van der Waals surface area (Å²) in [5.41, 5.74) is 1.75. The predicted molar refractivity (Wildman–Crippen MR) is 115 cm³/mol. The summed E-state index contributed by atoms with van der Waals surface area (Å²) in [6, 6.07) is 7.59. The minimum atomic E-state index is -0.308. The third-order valence-electron chi connectivity index (χ3n) is 3.48. The van der Waals surface area contributed by atoms with Gasteiger partial charge in [-0.3, -0.25) is 0 Å². The van der Waals surface area contributed by atoms with Crippen LogP contribution in [0.3, 0.4) is 0 Å². The number of hydrogen-bond acceptors (Lipinski definition) is 2. The molecule has 0 radical (unpaired) electrons. The summed E-state index contributed by atoms with van der Waals surface area (Å²) in [5, 5.41) is 19.7. The second kappa shape index (κ2) is 9.06. The van der Waals surface area contributed by atoms with Crippen molar-refractivity contribution in [3.05, 3.63) is 53.3 Å². The average molecular weight is 588 g/mol. The lowest BCUT2D eigenvalue weighted by molar-refractivity contribution is 0.466. The van der Waals surface area contributed by atoms with Crippen molar-refractivity contribution in [1.82, 2.24) is 0 Å². The Morgan fingerprint density at radius 1 is 0.708 bits per heavy atom. The summed E-state index contributed by atoms with van der Waals surface area (Å²) >= 11 is 13.5. The molecule has 0 heterocycles. The van der Waals surface area contributed by atoms with E-state index in [1.54, 1.807) is 0 Å². The number of rotatable bonds is 2. The van der Waals surface area contributed by atoms with Crippen molar-refractivity contribution in [2.24, 2.45) is 0 Å². The molecule has 24 heavy (non-hydrogen) atoms.